The van der Waals surface area contributed by atoms with E-state index in [-0.39, 0.29) is 36.1 Å². The van der Waals surface area contributed by atoms with Crippen LogP contribution in [0.4, 0.5) is 5.69 Å². The topological polar surface area (TPSA) is 126 Å². The summed E-state index contributed by atoms with van der Waals surface area (Å²) in [4.78, 5) is 58.6. The van der Waals surface area contributed by atoms with E-state index < -0.39 is 16.9 Å². The lowest BCUT2D eigenvalue weighted by Crippen LogP contribution is -2.50. The molecule has 12 heteroatoms. The molecule has 0 unspecified atom stereocenters. The molecule has 0 spiro atoms. The highest BCUT2D eigenvalue weighted by atomic mass is 32.2. The molecular formula is C24H27N5O6S. The number of esters is 1. The van der Waals surface area contributed by atoms with Crippen LogP contribution >= 0.6 is 11.8 Å². The number of nitrogens with zero attached hydrogens (tertiary/aromatic N) is 5. The van der Waals surface area contributed by atoms with E-state index >= 15 is 0 Å². The number of amidine groups is 1. The van der Waals surface area contributed by atoms with Crippen LogP contribution < -0.4 is 0 Å². The summed E-state index contributed by atoms with van der Waals surface area (Å²) < 4.78 is 5.31. The number of rotatable bonds is 6. The van der Waals surface area contributed by atoms with Crippen LogP contribution in [0.25, 0.3) is 0 Å². The number of hydrogen-bond acceptors (Lipinski definition) is 9. The summed E-state index contributed by atoms with van der Waals surface area (Å²) in [5, 5.41) is 13.9. The highest BCUT2D eigenvalue weighted by Crippen LogP contribution is 2.45. The van der Waals surface area contributed by atoms with Crippen LogP contribution in [0.15, 0.2) is 51.6 Å². The number of carbonyl (C=O) groups is 3. The first-order valence-corrected chi connectivity index (χ1v) is 12.5. The molecule has 0 N–H and O–H groups in total. The Morgan fingerprint density at radius 3 is 2.53 bits per heavy atom. The van der Waals surface area contributed by atoms with Gasteiger partial charge in [0, 0.05) is 50.9 Å². The molecule has 0 aromatic heterocycles. The zero-order valence-electron chi connectivity index (χ0n) is 20.3. The minimum atomic E-state index is -0.736. The number of non-ortho nitro benzene ring substituents is 1. The van der Waals surface area contributed by atoms with E-state index in [2.05, 4.69) is 4.99 Å². The van der Waals surface area contributed by atoms with E-state index in [1.165, 1.54) is 30.8 Å². The molecule has 11 nitrogen and oxygen atoms in total. The van der Waals surface area contributed by atoms with Crippen LogP contribution in [0, 0.1) is 10.1 Å². The lowest BCUT2D eigenvalue weighted by Gasteiger charge is -2.37. The summed E-state index contributed by atoms with van der Waals surface area (Å²) >= 11 is 1.34. The molecular weight excluding hydrogens is 486 g/mol. The summed E-state index contributed by atoms with van der Waals surface area (Å²) in [6.45, 7) is 6.94. The zero-order chi connectivity index (χ0) is 26.0. The average Bonchev–Trinajstić information content (AvgIpc) is 3.25. The maximum atomic E-state index is 13.2. The van der Waals surface area contributed by atoms with Gasteiger partial charge in [-0.1, -0.05) is 23.9 Å². The molecule has 0 saturated carbocycles. The number of hydrogen-bond donors (Lipinski definition) is 0. The number of ether oxygens (including phenoxy) is 1. The van der Waals surface area contributed by atoms with E-state index in [0.717, 1.165) is 0 Å². The molecule has 3 aliphatic rings. The molecule has 190 valence electrons. The molecule has 0 aliphatic carbocycles. The fraction of sp³-hybridized carbons (Fsp3) is 0.417. The maximum Gasteiger partial charge on any atom is 0.338 e. The van der Waals surface area contributed by atoms with Crippen molar-refractivity contribution < 1.29 is 24.0 Å². The Morgan fingerprint density at radius 1 is 1.19 bits per heavy atom. The van der Waals surface area contributed by atoms with Crippen LogP contribution in [-0.2, 0) is 19.1 Å². The summed E-state index contributed by atoms with van der Waals surface area (Å²) in [7, 11) is 0. The van der Waals surface area contributed by atoms with E-state index in [9.17, 15) is 24.5 Å². The second-order valence-electron chi connectivity index (χ2n) is 8.53. The van der Waals surface area contributed by atoms with E-state index in [1.807, 2.05) is 5.41 Å². The lowest BCUT2D eigenvalue weighted by atomic mass is 9.93. The Bertz CT molecular complexity index is 1200. The Balaban J connectivity index is 1.65. The Morgan fingerprint density at radius 2 is 1.89 bits per heavy atom. The van der Waals surface area contributed by atoms with Gasteiger partial charge in [-0.05, 0) is 24.8 Å². The number of allylic oxidation sites excluding steroid dienone is 1. The number of fused-ring (bicyclic) bond motifs is 1. The SMILES string of the molecule is CCOC(=O)C1=C(C)N=C2SC=C(CC(=O)N3CCN(C(C)=O)CC3)N2[C@@H]1c1cccc([N+](=O)[O-])c1. The standard InChI is InChI=1S/C24H27N5O6S/c1-4-35-23(32)21-15(2)25-24-28(22(21)17-6-5-7-18(12-17)29(33)34)19(14-36-24)13-20(31)27-10-8-26(9-11-27)16(3)30/h5-7,12,14,22H,4,8-11,13H2,1-3H3/t22-/m1/s1. The number of nitro groups is 1. The molecule has 1 fully saturated rings. The maximum absolute atomic E-state index is 13.2. The monoisotopic (exact) mass is 513 g/mol. The van der Waals surface area contributed by atoms with Gasteiger partial charge in [-0.25, -0.2) is 9.79 Å². The predicted octanol–water partition coefficient (Wildman–Crippen LogP) is 2.81. The molecule has 0 radical (unpaired) electrons. The highest BCUT2D eigenvalue weighted by Gasteiger charge is 2.42. The van der Waals surface area contributed by atoms with Crippen molar-refractivity contribution in [3.8, 4) is 0 Å². The summed E-state index contributed by atoms with van der Waals surface area (Å²) in [5.74, 6) is -0.676. The van der Waals surface area contributed by atoms with Crippen molar-refractivity contribution in [3.63, 3.8) is 0 Å². The number of piperazine rings is 1. The second-order valence-corrected chi connectivity index (χ2v) is 9.37. The van der Waals surface area contributed by atoms with Crippen LogP contribution in [0.2, 0.25) is 0 Å². The van der Waals surface area contributed by atoms with Gasteiger partial charge >= 0.3 is 5.97 Å². The van der Waals surface area contributed by atoms with Gasteiger partial charge < -0.3 is 19.4 Å². The fourth-order valence-electron chi connectivity index (χ4n) is 4.50. The largest absolute Gasteiger partial charge is 0.463 e. The van der Waals surface area contributed by atoms with Gasteiger partial charge in [0.05, 0.1) is 35.3 Å². The van der Waals surface area contributed by atoms with Crippen molar-refractivity contribution in [1.82, 2.24) is 14.7 Å². The molecule has 1 aromatic rings. The molecule has 3 heterocycles. The third kappa shape index (κ3) is 4.99. The molecule has 4 rings (SSSR count). The molecule has 0 bridgehead atoms. The minimum absolute atomic E-state index is 0.0142. The highest BCUT2D eigenvalue weighted by molar-refractivity contribution is 8.16. The summed E-state index contributed by atoms with van der Waals surface area (Å²) in [5.41, 5.74) is 1.80. The Kier molecular flexibility index (Phi) is 7.43. The van der Waals surface area contributed by atoms with Crippen molar-refractivity contribution in [2.24, 2.45) is 4.99 Å². The molecule has 3 aliphatic heterocycles. The number of nitro benzene ring substituents is 1. The zero-order valence-corrected chi connectivity index (χ0v) is 21.1. The summed E-state index contributed by atoms with van der Waals surface area (Å²) in [6, 6.07) is 5.38. The van der Waals surface area contributed by atoms with Gasteiger partial charge in [-0.15, -0.1) is 0 Å². The van der Waals surface area contributed by atoms with Gasteiger partial charge in [0.25, 0.3) is 5.69 Å². The minimum Gasteiger partial charge on any atom is -0.463 e. The third-order valence-electron chi connectivity index (χ3n) is 6.30. The number of benzene rings is 1. The van der Waals surface area contributed by atoms with Crippen LogP contribution in [0.5, 0.6) is 0 Å². The summed E-state index contributed by atoms with van der Waals surface area (Å²) in [6.07, 6.45) is 0.0622. The van der Waals surface area contributed by atoms with Crippen molar-refractivity contribution in [3.05, 3.63) is 62.3 Å². The number of thioether (sulfide) groups is 1. The third-order valence-corrected chi connectivity index (χ3v) is 7.19. The van der Waals surface area contributed by atoms with Crippen molar-refractivity contribution in [2.75, 3.05) is 32.8 Å². The lowest BCUT2D eigenvalue weighted by molar-refractivity contribution is -0.384. The molecule has 1 aromatic carbocycles. The molecule has 1 atom stereocenters. The van der Waals surface area contributed by atoms with Gasteiger partial charge in [0.1, 0.15) is 0 Å². The Hall–Kier alpha value is -3.67. The molecule has 2 amide bonds. The first-order valence-electron chi connectivity index (χ1n) is 11.6. The van der Waals surface area contributed by atoms with Crippen molar-refractivity contribution >= 4 is 40.4 Å². The number of amides is 2. The van der Waals surface area contributed by atoms with Gasteiger partial charge in [0.15, 0.2) is 5.17 Å². The predicted molar refractivity (Wildman–Crippen MR) is 134 cm³/mol. The van der Waals surface area contributed by atoms with Crippen molar-refractivity contribution in [2.45, 2.75) is 33.2 Å². The average molecular weight is 514 g/mol. The van der Waals surface area contributed by atoms with Gasteiger partial charge in [-0.3, -0.25) is 19.7 Å². The fourth-order valence-corrected chi connectivity index (χ4v) is 5.47. The van der Waals surface area contributed by atoms with E-state index in [0.29, 0.717) is 48.3 Å². The molecule has 1 saturated heterocycles. The number of aliphatic imine (C=N–C) groups is 1. The number of carbonyl (C=O) groups excluding carboxylic acids is 3. The van der Waals surface area contributed by atoms with Crippen molar-refractivity contribution in [1.29, 1.82) is 0 Å². The first kappa shape index (κ1) is 25.4. The van der Waals surface area contributed by atoms with Gasteiger partial charge in [0.2, 0.25) is 11.8 Å². The quantitative estimate of drug-likeness (QED) is 0.323. The smallest absolute Gasteiger partial charge is 0.338 e. The second kappa shape index (κ2) is 10.5. The van der Waals surface area contributed by atoms with E-state index in [1.54, 1.807) is 40.7 Å². The molecule has 36 heavy (non-hydrogen) atoms. The first-order chi connectivity index (χ1) is 17.2. The van der Waals surface area contributed by atoms with Crippen LogP contribution in [0.3, 0.4) is 0 Å². The Labute approximate surface area is 212 Å². The normalized spacial score (nSPS) is 19.5. The van der Waals surface area contributed by atoms with Crippen LogP contribution in [-0.4, -0.2) is 75.4 Å². The van der Waals surface area contributed by atoms with Crippen LogP contribution in [0.1, 0.15) is 38.8 Å². The van der Waals surface area contributed by atoms with E-state index in [4.69, 9.17) is 4.74 Å². The van der Waals surface area contributed by atoms with Gasteiger partial charge in [-0.2, -0.15) is 0 Å².